The molecule has 0 amide bonds. The number of aliphatic carboxylic acids is 1. The second-order valence-electron chi connectivity index (χ2n) is 5.13. The van der Waals surface area contributed by atoms with Crippen LogP contribution in [0.2, 0.25) is 25.7 Å². The zero-order valence-electron chi connectivity index (χ0n) is 10.2. The number of hydrogen-bond acceptors (Lipinski definition) is 2. The van der Waals surface area contributed by atoms with Crippen LogP contribution in [0.15, 0.2) is 0 Å². The molecule has 0 atom stereocenters. The van der Waals surface area contributed by atoms with Crippen LogP contribution in [0, 0.1) is 0 Å². The van der Waals surface area contributed by atoms with Gasteiger partial charge < -0.3 is 9.84 Å². The van der Waals surface area contributed by atoms with E-state index in [9.17, 15) is 4.79 Å². The van der Waals surface area contributed by atoms with Gasteiger partial charge in [-0.25, -0.2) is 0 Å². The van der Waals surface area contributed by atoms with Gasteiger partial charge in [0.25, 0.3) is 0 Å². The van der Waals surface area contributed by atoms with Crippen LogP contribution in [0.3, 0.4) is 0 Å². The molecular formula is C11H24O3Si. The Bertz CT molecular complexity index is 175. The van der Waals surface area contributed by atoms with Crippen molar-refractivity contribution >= 4 is 14.0 Å². The Kier molecular flexibility index (Phi) is 7.69. The molecule has 0 fully saturated rings. The number of carbonyl (C=O) groups is 1. The van der Waals surface area contributed by atoms with E-state index in [0.717, 1.165) is 32.5 Å². The maximum Gasteiger partial charge on any atom is 0.303 e. The van der Waals surface area contributed by atoms with E-state index in [-0.39, 0.29) is 6.42 Å². The Morgan fingerprint density at radius 3 is 2.33 bits per heavy atom. The lowest BCUT2D eigenvalue weighted by molar-refractivity contribution is -0.137. The maximum atomic E-state index is 10.2. The van der Waals surface area contributed by atoms with Gasteiger partial charge in [0.05, 0.1) is 0 Å². The van der Waals surface area contributed by atoms with E-state index in [0.29, 0.717) is 0 Å². The molecule has 0 saturated carbocycles. The summed E-state index contributed by atoms with van der Waals surface area (Å²) in [5, 5.41) is 8.42. The monoisotopic (exact) mass is 232 g/mol. The molecule has 0 heterocycles. The van der Waals surface area contributed by atoms with Crippen LogP contribution in [0.5, 0.6) is 0 Å². The van der Waals surface area contributed by atoms with Gasteiger partial charge in [0.15, 0.2) is 0 Å². The molecule has 0 radical (unpaired) electrons. The van der Waals surface area contributed by atoms with Crippen LogP contribution in [-0.2, 0) is 9.53 Å². The lowest BCUT2D eigenvalue weighted by Crippen LogP contribution is -2.21. The summed E-state index contributed by atoms with van der Waals surface area (Å²) in [6.07, 6.45) is 3.00. The van der Waals surface area contributed by atoms with Gasteiger partial charge in [0.1, 0.15) is 0 Å². The summed E-state index contributed by atoms with van der Waals surface area (Å²) >= 11 is 0. The molecule has 90 valence electrons. The van der Waals surface area contributed by atoms with E-state index < -0.39 is 14.0 Å². The molecule has 0 rings (SSSR count). The predicted octanol–water partition coefficient (Wildman–Crippen LogP) is 2.99. The van der Waals surface area contributed by atoms with Crippen molar-refractivity contribution in [3.63, 3.8) is 0 Å². The third-order valence-electron chi connectivity index (χ3n) is 2.18. The van der Waals surface area contributed by atoms with E-state index in [1.165, 1.54) is 6.04 Å². The highest BCUT2D eigenvalue weighted by atomic mass is 28.3. The van der Waals surface area contributed by atoms with Crippen LogP contribution in [0.4, 0.5) is 0 Å². The van der Waals surface area contributed by atoms with Crippen LogP contribution in [0.25, 0.3) is 0 Å². The van der Waals surface area contributed by atoms with Gasteiger partial charge >= 0.3 is 5.97 Å². The van der Waals surface area contributed by atoms with Crippen molar-refractivity contribution in [2.24, 2.45) is 0 Å². The minimum atomic E-state index is -0.950. The van der Waals surface area contributed by atoms with Gasteiger partial charge in [-0.2, -0.15) is 0 Å². The van der Waals surface area contributed by atoms with Crippen molar-refractivity contribution in [2.75, 3.05) is 13.2 Å². The van der Waals surface area contributed by atoms with Crippen molar-refractivity contribution in [3.05, 3.63) is 0 Å². The largest absolute Gasteiger partial charge is 0.481 e. The molecule has 3 nitrogen and oxygen atoms in total. The molecule has 0 bridgehead atoms. The van der Waals surface area contributed by atoms with Crippen molar-refractivity contribution in [1.29, 1.82) is 0 Å². The van der Waals surface area contributed by atoms with Gasteiger partial charge in [-0.15, -0.1) is 0 Å². The summed E-state index contributed by atoms with van der Waals surface area (Å²) in [4.78, 5) is 10.2. The van der Waals surface area contributed by atoms with Crippen molar-refractivity contribution < 1.29 is 14.6 Å². The SMILES string of the molecule is C[Si](C)(C)CCOCCCCCC(=O)O. The topological polar surface area (TPSA) is 46.5 Å². The van der Waals surface area contributed by atoms with Gasteiger partial charge in [0.2, 0.25) is 0 Å². The minimum Gasteiger partial charge on any atom is -0.481 e. The van der Waals surface area contributed by atoms with Crippen molar-refractivity contribution in [1.82, 2.24) is 0 Å². The van der Waals surface area contributed by atoms with Crippen molar-refractivity contribution in [3.8, 4) is 0 Å². The van der Waals surface area contributed by atoms with E-state index in [1.807, 2.05) is 0 Å². The molecule has 0 aliphatic carbocycles. The first-order valence-corrected chi connectivity index (χ1v) is 9.42. The maximum absolute atomic E-state index is 10.2. The molecule has 0 aromatic heterocycles. The zero-order chi connectivity index (χ0) is 11.7. The first-order valence-electron chi connectivity index (χ1n) is 5.71. The second-order valence-corrected chi connectivity index (χ2v) is 10.7. The summed E-state index contributed by atoms with van der Waals surface area (Å²) < 4.78 is 5.50. The summed E-state index contributed by atoms with van der Waals surface area (Å²) in [5.41, 5.74) is 0. The number of hydrogen-bond donors (Lipinski definition) is 1. The fraction of sp³-hybridized carbons (Fsp3) is 0.909. The van der Waals surface area contributed by atoms with E-state index in [2.05, 4.69) is 19.6 Å². The van der Waals surface area contributed by atoms with Gasteiger partial charge in [-0.3, -0.25) is 4.79 Å². The summed E-state index contributed by atoms with van der Waals surface area (Å²) in [7, 11) is -0.950. The Hall–Kier alpha value is -0.353. The van der Waals surface area contributed by atoms with Gasteiger partial charge in [-0.1, -0.05) is 26.1 Å². The number of rotatable bonds is 9. The highest BCUT2D eigenvalue weighted by molar-refractivity contribution is 6.76. The zero-order valence-corrected chi connectivity index (χ0v) is 11.2. The Labute approximate surface area is 93.8 Å². The van der Waals surface area contributed by atoms with Crippen molar-refractivity contribution in [2.45, 2.75) is 51.4 Å². The predicted molar refractivity (Wildman–Crippen MR) is 65.1 cm³/mol. The van der Waals surface area contributed by atoms with Crippen LogP contribution in [0.1, 0.15) is 25.7 Å². The average molecular weight is 232 g/mol. The standard InChI is InChI=1S/C11H24O3Si/c1-15(2,3)10-9-14-8-6-4-5-7-11(12)13/h4-10H2,1-3H3,(H,12,13). The molecule has 0 saturated heterocycles. The minimum absolute atomic E-state index is 0.287. The third-order valence-corrected chi connectivity index (χ3v) is 3.88. The highest BCUT2D eigenvalue weighted by Gasteiger charge is 2.11. The lowest BCUT2D eigenvalue weighted by atomic mass is 10.2. The summed E-state index contributed by atoms with van der Waals surface area (Å²) in [5.74, 6) is -0.699. The average Bonchev–Trinajstić information content (AvgIpc) is 2.07. The molecule has 0 spiro atoms. The molecule has 0 aromatic carbocycles. The molecule has 15 heavy (non-hydrogen) atoms. The normalized spacial score (nSPS) is 11.7. The molecule has 0 aromatic rings. The van der Waals surface area contributed by atoms with Crippen LogP contribution < -0.4 is 0 Å². The third kappa shape index (κ3) is 13.6. The fourth-order valence-electron chi connectivity index (χ4n) is 1.14. The molecule has 4 heteroatoms. The number of carboxylic acids is 1. The van der Waals surface area contributed by atoms with E-state index in [4.69, 9.17) is 9.84 Å². The molecule has 1 N–H and O–H groups in total. The Balaban J connectivity index is 3.09. The van der Waals surface area contributed by atoms with E-state index in [1.54, 1.807) is 0 Å². The summed E-state index contributed by atoms with van der Waals surface area (Å²) in [6.45, 7) is 8.66. The molecule has 0 aliphatic rings. The van der Waals surface area contributed by atoms with E-state index >= 15 is 0 Å². The lowest BCUT2D eigenvalue weighted by Gasteiger charge is -2.15. The number of carboxylic acid groups (broad SMARTS) is 1. The fourth-order valence-corrected chi connectivity index (χ4v) is 1.89. The first kappa shape index (κ1) is 14.6. The number of ether oxygens (including phenoxy) is 1. The van der Waals surface area contributed by atoms with Crippen LogP contribution >= 0.6 is 0 Å². The smallest absolute Gasteiger partial charge is 0.303 e. The number of unbranched alkanes of at least 4 members (excludes halogenated alkanes) is 2. The Morgan fingerprint density at radius 1 is 1.13 bits per heavy atom. The molecule has 0 aliphatic heterocycles. The Morgan fingerprint density at radius 2 is 1.80 bits per heavy atom. The first-order chi connectivity index (χ1) is 6.92. The van der Waals surface area contributed by atoms with Gasteiger partial charge in [0, 0.05) is 27.7 Å². The molecular weight excluding hydrogens is 208 g/mol. The molecule has 0 unspecified atom stereocenters. The second kappa shape index (κ2) is 7.88. The summed E-state index contributed by atoms with van der Waals surface area (Å²) in [6, 6.07) is 1.21. The van der Waals surface area contributed by atoms with Gasteiger partial charge in [-0.05, 0) is 18.9 Å². The quantitative estimate of drug-likeness (QED) is 0.491. The highest BCUT2D eigenvalue weighted by Crippen LogP contribution is 2.08. The van der Waals surface area contributed by atoms with Crippen LogP contribution in [-0.4, -0.2) is 32.4 Å².